The van der Waals surface area contributed by atoms with Gasteiger partial charge in [-0.15, -0.1) is 0 Å². The second kappa shape index (κ2) is 6.06. The monoisotopic (exact) mass is 421 g/mol. The van der Waals surface area contributed by atoms with Crippen molar-refractivity contribution in [3.8, 4) is 5.75 Å². The smallest absolute Gasteiger partial charge is 0.255 e. The number of primary amides is 1. The van der Waals surface area contributed by atoms with Crippen molar-refractivity contribution in [2.45, 2.75) is 24.5 Å². The minimum absolute atomic E-state index is 0.0101. The third-order valence-corrected chi connectivity index (χ3v) is 6.31. The topological polar surface area (TPSA) is 178 Å². The standard InChI is InChI=1S/C19H16ClNO8/c20-7-1-2-8(22)12-11(7)14(24)6-3-5-4-9(23)13(18(21)28)17(27)19(5,29)16(26)10(6)15(12)25/h1-2,5-6,14,22,24-25,27,29H,3-4H2,(H2,21,28)/t5-,6?,14?,19-/m0/s1. The van der Waals surface area contributed by atoms with Gasteiger partial charge in [0.2, 0.25) is 5.78 Å². The highest BCUT2D eigenvalue weighted by atomic mass is 35.5. The SMILES string of the molecule is NC(=O)C1=C(O)[C@@]2(O)C(=O)C3=C(O)c4c(O)ccc(Cl)c4C(O)C3C[C@H]2CC1=O. The Morgan fingerprint density at radius 2 is 1.86 bits per heavy atom. The maximum Gasteiger partial charge on any atom is 0.255 e. The van der Waals surface area contributed by atoms with Crippen LogP contribution in [0.15, 0.2) is 29.0 Å². The van der Waals surface area contributed by atoms with E-state index in [1.807, 2.05) is 0 Å². The molecule has 152 valence electrons. The average Bonchev–Trinajstić information content (AvgIpc) is 2.64. The van der Waals surface area contributed by atoms with Gasteiger partial charge >= 0.3 is 0 Å². The third-order valence-electron chi connectivity index (χ3n) is 5.98. The van der Waals surface area contributed by atoms with Crippen LogP contribution in [0.25, 0.3) is 5.76 Å². The van der Waals surface area contributed by atoms with E-state index in [0.29, 0.717) is 0 Å². The van der Waals surface area contributed by atoms with Gasteiger partial charge in [-0.3, -0.25) is 14.4 Å². The molecule has 7 N–H and O–H groups in total. The highest BCUT2D eigenvalue weighted by Crippen LogP contribution is 2.55. The molecule has 3 aliphatic carbocycles. The van der Waals surface area contributed by atoms with Crippen LogP contribution in [0.1, 0.15) is 30.1 Å². The van der Waals surface area contributed by atoms with Crippen LogP contribution in [0.5, 0.6) is 5.75 Å². The lowest BCUT2D eigenvalue weighted by Gasteiger charge is -2.47. The second-order valence-corrected chi connectivity index (χ2v) is 7.82. The van der Waals surface area contributed by atoms with E-state index in [1.54, 1.807) is 0 Å². The number of carbonyl (C=O) groups is 3. The summed E-state index contributed by atoms with van der Waals surface area (Å²) in [5.41, 5.74) is 0.857. The Hall–Kier alpha value is -2.88. The van der Waals surface area contributed by atoms with Gasteiger partial charge in [0.25, 0.3) is 5.91 Å². The van der Waals surface area contributed by atoms with E-state index >= 15 is 0 Å². The molecule has 4 rings (SSSR count). The first-order valence-electron chi connectivity index (χ1n) is 8.68. The average molecular weight is 422 g/mol. The van der Waals surface area contributed by atoms with Crippen molar-refractivity contribution in [3.63, 3.8) is 0 Å². The predicted octanol–water partition coefficient (Wildman–Crippen LogP) is 0.568. The molecule has 2 unspecified atom stereocenters. The number of benzene rings is 1. The van der Waals surface area contributed by atoms with Crippen LogP contribution in [-0.4, -0.2) is 48.6 Å². The lowest BCUT2D eigenvalue weighted by atomic mass is 9.58. The van der Waals surface area contributed by atoms with Crippen LogP contribution in [0, 0.1) is 11.8 Å². The van der Waals surface area contributed by atoms with E-state index in [-0.39, 0.29) is 22.6 Å². The van der Waals surface area contributed by atoms with Gasteiger partial charge < -0.3 is 31.3 Å². The molecule has 4 atom stereocenters. The first kappa shape index (κ1) is 19.4. The first-order chi connectivity index (χ1) is 13.5. The molecule has 10 heteroatoms. The van der Waals surface area contributed by atoms with Gasteiger partial charge in [0.1, 0.15) is 22.8 Å². The van der Waals surface area contributed by atoms with Crippen LogP contribution in [0.2, 0.25) is 5.02 Å². The number of aliphatic hydroxyl groups excluding tert-OH is 3. The van der Waals surface area contributed by atoms with E-state index in [2.05, 4.69) is 0 Å². The fourth-order valence-corrected chi connectivity index (χ4v) is 4.88. The number of aromatic hydroxyl groups is 1. The number of hydrogen-bond acceptors (Lipinski definition) is 8. The molecule has 0 saturated heterocycles. The van der Waals surface area contributed by atoms with E-state index in [0.717, 1.165) is 6.07 Å². The van der Waals surface area contributed by atoms with E-state index < -0.39 is 75.8 Å². The molecule has 1 aromatic carbocycles. The van der Waals surface area contributed by atoms with Gasteiger partial charge in [0.15, 0.2) is 11.4 Å². The lowest BCUT2D eigenvalue weighted by Crippen LogP contribution is -2.58. The zero-order chi connectivity index (χ0) is 21.4. The highest BCUT2D eigenvalue weighted by molar-refractivity contribution is 6.32. The summed E-state index contributed by atoms with van der Waals surface area (Å²) in [7, 11) is 0. The molecule has 1 amide bonds. The number of halogens is 1. The maximum absolute atomic E-state index is 13.2. The number of fused-ring (bicyclic) bond motifs is 3. The minimum atomic E-state index is -2.68. The van der Waals surface area contributed by atoms with Gasteiger partial charge in [-0.2, -0.15) is 0 Å². The summed E-state index contributed by atoms with van der Waals surface area (Å²) < 4.78 is 0. The summed E-state index contributed by atoms with van der Waals surface area (Å²) in [6.45, 7) is 0. The number of aliphatic hydroxyl groups is 4. The Morgan fingerprint density at radius 1 is 1.21 bits per heavy atom. The Kier molecular flexibility index (Phi) is 4.06. The van der Waals surface area contributed by atoms with Gasteiger partial charge in [0.05, 0.1) is 11.7 Å². The summed E-state index contributed by atoms with van der Waals surface area (Å²) in [6, 6.07) is 2.48. The number of nitrogens with two attached hydrogens (primary N) is 1. The molecule has 29 heavy (non-hydrogen) atoms. The Labute approximate surface area is 168 Å². The normalized spacial score (nSPS) is 31.3. The zero-order valence-electron chi connectivity index (χ0n) is 14.7. The molecule has 9 nitrogen and oxygen atoms in total. The molecule has 3 aliphatic rings. The molecular formula is C19H16ClNO8. The second-order valence-electron chi connectivity index (χ2n) is 7.41. The number of carbonyl (C=O) groups excluding carboxylic acids is 3. The molecule has 1 aromatic rings. The number of ketones is 2. The van der Waals surface area contributed by atoms with E-state index in [4.69, 9.17) is 17.3 Å². The maximum atomic E-state index is 13.2. The quantitative estimate of drug-likeness (QED) is 0.356. The van der Waals surface area contributed by atoms with Crippen molar-refractivity contribution in [1.82, 2.24) is 0 Å². The molecule has 0 aliphatic heterocycles. The Balaban J connectivity index is 1.99. The number of rotatable bonds is 1. The van der Waals surface area contributed by atoms with Crippen molar-refractivity contribution < 1.29 is 39.9 Å². The molecule has 0 spiro atoms. The minimum Gasteiger partial charge on any atom is -0.508 e. The molecule has 1 saturated carbocycles. The van der Waals surface area contributed by atoms with Gasteiger partial charge in [-0.1, -0.05) is 11.6 Å². The summed E-state index contributed by atoms with van der Waals surface area (Å²) in [5.74, 6) is -7.89. The molecule has 0 bridgehead atoms. The van der Waals surface area contributed by atoms with Gasteiger partial charge in [0, 0.05) is 34.4 Å². The van der Waals surface area contributed by atoms with Gasteiger partial charge in [-0.05, 0) is 18.6 Å². The van der Waals surface area contributed by atoms with Gasteiger partial charge in [-0.25, -0.2) is 0 Å². The van der Waals surface area contributed by atoms with Crippen molar-refractivity contribution in [2.75, 3.05) is 0 Å². The van der Waals surface area contributed by atoms with Crippen LogP contribution in [0.4, 0.5) is 0 Å². The summed E-state index contributed by atoms with van der Waals surface area (Å²) >= 11 is 6.11. The van der Waals surface area contributed by atoms with E-state index in [1.165, 1.54) is 6.07 Å². The van der Waals surface area contributed by atoms with E-state index in [9.17, 15) is 39.9 Å². The lowest BCUT2D eigenvalue weighted by molar-refractivity contribution is -0.149. The van der Waals surface area contributed by atoms with Crippen LogP contribution in [-0.2, 0) is 14.4 Å². The summed E-state index contributed by atoms with van der Waals surface area (Å²) in [5, 5.41) is 53.2. The summed E-state index contributed by atoms with van der Waals surface area (Å²) in [6.07, 6.45) is -2.08. The van der Waals surface area contributed by atoms with Crippen LogP contribution in [0.3, 0.4) is 0 Å². The van der Waals surface area contributed by atoms with Crippen LogP contribution >= 0.6 is 11.6 Å². The van der Waals surface area contributed by atoms with Crippen molar-refractivity contribution >= 4 is 34.8 Å². The Morgan fingerprint density at radius 3 is 2.48 bits per heavy atom. The van der Waals surface area contributed by atoms with Crippen molar-refractivity contribution in [3.05, 3.63) is 45.2 Å². The molecule has 0 heterocycles. The molecule has 1 fully saturated rings. The number of Topliss-reactive ketones (excluding diaryl/α,β-unsaturated/α-hetero) is 2. The largest absolute Gasteiger partial charge is 0.508 e. The van der Waals surface area contributed by atoms with Crippen LogP contribution < -0.4 is 5.73 Å². The number of phenols is 1. The molecule has 0 aromatic heterocycles. The zero-order valence-corrected chi connectivity index (χ0v) is 15.5. The molecule has 0 radical (unpaired) electrons. The highest BCUT2D eigenvalue weighted by Gasteiger charge is 2.61. The Bertz CT molecular complexity index is 1070. The number of amides is 1. The first-order valence-corrected chi connectivity index (χ1v) is 9.06. The third kappa shape index (κ3) is 2.32. The number of phenolic OH excluding ortho intramolecular Hbond substituents is 1. The van der Waals surface area contributed by atoms with Crippen molar-refractivity contribution in [1.29, 1.82) is 0 Å². The molecular weight excluding hydrogens is 406 g/mol. The van der Waals surface area contributed by atoms with Crippen molar-refractivity contribution in [2.24, 2.45) is 17.6 Å². The fourth-order valence-electron chi connectivity index (χ4n) is 4.61. The summed E-state index contributed by atoms with van der Waals surface area (Å²) in [4.78, 5) is 37.0. The fraction of sp³-hybridized carbons (Fsp3) is 0.316. The number of hydrogen-bond donors (Lipinski definition) is 6. The predicted molar refractivity (Wildman–Crippen MR) is 97.7 cm³/mol.